The number of aryl methyl sites for hydroxylation is 3. The summed E-state index contributed by atoms with van der Waals surface area (Å²) in [5.74, 6) is 0.411. The Balaban J connectivity index is 1.67. The van der Waals surface area contributed by atoms with Crippen LogP contribution in [0, 0.1) is 20.8 Å². The highest BCUT2D eigenvalue weighted by Gasteiger charge is 2.29. The van der Waals surface area contributed by atoms with Crippen molar-refractivity contribution in [2.24, 2.45) is 7.05 Å². The molecule has 1 aliphatic rings. The SMILES string of the molecule is Cc1cc([C@@H]2CCCN([C@H](C)C(=O)Nc3c(C)nn(C)c3C)C2)n[nH]1. The summed E-state index contributed by atoms with van der Waals surface area (Å²) in [4.78, 5) is 15.0. The molecule has 1 fully saturated rings. The van der Waals surface area contributed by atoms with Gasteiger partial charge in [-0.05, 0) is 53.1 Å². The van der Waals surface area contributed by atoms with Crippen molar-refractivity contribution in [3.05, 3.63) is 28.8 Å². The van der Waals surface area contributed by atoms with Crippen molar-refractivity contribution in [3.8, 4) is 0 Å². The van der Waals surface area contributed by atoms with Crippen molar-refractivity contribution in [1.29, 1.82) is 0 Å². The molecule has 2 aromatic heterocycles. The molecule has 3 rings (SSSR count). The summed E-state index contributed by atoms with van der Waals surface area (Å²) >= 11 is 0. The molecule has 7 heteroatoms. The van der Waals surface area contributed by atoms with Gasteiger partial charge in [0.1, 0.15) is 0 Å². The molecular formula is C18H28N6O. The summed E-state index contributed by atoms with van der Waals surface area (Å²) in [6.45, 7) is 9.70. The maximum atomic E-state index is 12.8. The van der Waals surface area contributed by atoms with E-state index in [9.17, 15) is 4.79 Å². The summed E-state index contributed by atoms with van der Waals surface area (Å²) in [6, 6.07) is 1.93. The zero-order chi connectivity index (χ0) is 18.1. The molecule has 0 radical (unpaired) electrons. The Kier molecular flexibility index (Phi) is 4.94. The van der Waals surface area contributed by atoms with Crippen molar-refractivity contribution in [1.82, 2.24) is 24.9 Å². The highest BCUT2D eigenvalue weighted by molar-refractivity contribution is 5.95. The fourth-order valence-corrected chi connectivity index (χ4v) is 3.60. The molecule has 0 bridgehead atoms. The number of nitrogens with zero attached hydrogens (tertiary/aromatic N) is 4. The molecule has 1 aliphatic heterocycles. The lowest BCUT2D eigenvalue weighted by Crippen LogP contribution is -2.46. The van der Waals surface area contributed by atoms with E-state index in [1.165, 1.54) is 0 Å². The van der Waals surface area contributed by atoms with Gasteiger partial charge in [0.25, 0.3) is 0 Å². The molecule has 2 N–H and O–H groups in total. The normalized spacial score (nSPS) is 19.8. The fraction of sp³-hybridized carbons (Fsp3) is 0.611. The van der Waals surface area contributed by atoms with E-state index in [0.29, 0.717) is 5.92 Å². The number of nitrogens with one attached hydrogen (secondary N) is 2. The minimum atomic E-state index is -0.179. The second-order valence-electron chi connectivity index (χ2n) is 7.14. The standard InChI is InChI=1S/C18H28N6O/c1-11-9-16(21-20-11)15-7-6-8-24(10-15)14(4)18(25)19-17-12(2)22-23(5)13(17)3/h9,14-15H,6-8,10H2,1-5H3,(H,19,25)(H,20,21)/t14-,15-/m1/s1. The van der Waals surface area contributed by atoms with E-state index in [2.05, 4.69) is 31.6 Å². The predicted octanol–water partition coefficient (Wildman–Crippen LogP) is 2.28. The molecule has 0 saturated carbocycles. The average molecular weight is 344 g/mol. The summed E-state index contributed by atoms with van der Waals surface area (Å²) in [7, 11) is 1.89. The van der Waals surface area contributed by atoms with Crippen LogP contribution in [-0.2, 0) is 11.8 Å². The molecule has 0 aliphatic carbocycles. The van der Waals surface area contributed by atoms with E-state index in [-0.39, 0.29) is 11.9 Å². The average Bonchev–Trinajstić information content (AvgIpc) is 3.13. The number of amides is 1. The summed E-state index contributed by atoms with van der Waals surface area (Å²) in [6.07, 6.45) is 2.20. The first-order valence-corrected chi connectivity index (χ1v) is 8.93. The Hall–Kier alpha value is -2.15. The Morgan fingerprint density at radius 1 is 1.40 bits per heavy atom. The first-order valence-electron chi connectivity index (χ1n) is 8.93. The smallest absolute Gasteiger partial charge is 0.241 e. The number of anilines is 1. The number of aromatic nitrogens is 4. The lowest BCUT2D eigenvalue weighted by molar-refractivity contribution is -0.121. The minimum absolute atomic E-state index is 0.0260. The monoisotopic (exact) mass is 344 g/mol. The molecule has 0 aromatic carbocycles. The zero-order valence-corrected chi connectivity index (χ0v) is 15.8. The van der Waals surface area contributed by atoms with Gasteiger partial charge in [0.15, 0.2) is 0 Å². The van der Waals surface area contributed by atoms with E-state index in [0.717, 1.165) is 54.4 Å². The number of rotatable bonds is 4. The Labute approximate surface area is 148 Å². The molecule has 1 amide bonds. The lowest BCUT2D eigenvalue weighted by atomic mass is 9.93. The van der Waals surface area contributed by atoms with Gasteiger partial charge in [0.05, 0.1) is 28.8 Å². The number of piperidine rings is 1. The molecule has 0 spiro atoms. The quantitative estimate of drug-likeness (QED) is 0.892. The van der Waals surface area contributed by atoms with Gasteiger partial charge < -0.3 is 5.32 Å². The molecule has 1 saturated heterocycles. The second-order valence-corrected chi connectivity index (χ2v) is 7.14. The first-order chi connectivity index (χ1) is 11.9. The highest BCUT2D eigenvalue weighted by Crippen LogP contribution is 2.27. The van der Waals surface area contributed by atoms with Crippen molar-refractivity contribution in [2.45, 2.75) is 52.5 Å². The number of carbonyl (C=O) groups excluding carboxylic acids is 1. The third kappa shape index (κ3) is 3.61. The predicted molar refractivity (Wildman–Crippen MR) is 97.6 cm³/mol. The van der Waals surface area contributed by atoms with Crippen LogP contribution in [0.15, 0.2) is 6.07 Å². The van der Waals surface area contributed by atoms with Crippen LogP contribution in [0.25, 0.3) is 0 Å². The Morgan fingerprint density at radius 3 is 2.76 bits per heavy atom. The number of likely N-dealkylation sites (tertiary alicyclic amines) is 1. The molecule has 136 valence electrons. The second kappa shape index (κ2) is 7.00. The Morgan fingerprint density at radius 2 is 2.16 bits per heavy atom. The van der Waals surface area contributed by atoms with Crippen LogP contribution in [0.3, 0.4) is 0 Å². The van der Waals surface area contributed by atoms with E-state index in [1.54, 1.807) is 4.68 Å². The summed E-state index contributed by atoms with van der Waals surface area (Å²) in [5.41, 5.74) is 4.84. The molecule has 0 unspecified atom stereocenters. The number of aromatic amines is 1. The maximum Gasteiger partial charge on any atom is 0.241 e. The van der Waals surface area contributed by atoms with Crippen molar-refractivity contribution in [3.63, 3.8) is 0 Å². The van der Waals surface area contributed by atoms with Crippen LogP contribution in [0.5, 0.6) is 0 Å². The minimum Gasteiger partial charge on any atom is -0.322 e. The number of H-pyrrole nitrogens is 1. The molecule has 25 heavy (non-hydrogen) atoms. The zero-order valence-electron chi connectivity index (χ0n) is 15.8. The van der Waals surface area contributed by atoms with Crippen LogP contribution >= 0.6 is 0 Å². The van der Waals surface area contributed by atoms with Gasteiger partial charge >= 0.3 is 0 Å². The molecule has 2 aromatic rings. The van der Waals surface area contributed by atoms with E-state index in [1.807, 2.05) is 34.7 Å². The largest absolute Gasteiger partial charge is 0.322 e. The number of hydrogen-bond acceptors (Lipinski definition) is 4. The van der Waals surface area contributed by atoms with Crippen LogP contribution in [0.2, 0.25) is 0 Å². The van der Waals surface area contributed by atoms with Gasteiger partial charge in [-0.25, -0.2) is 0 Å². The highest BCUT2D eigenvalue weighted by atomic mass is 16.2. The van der Waals surface area contributed by atoms with Crippen LogP contribution in [0.1, 0.15) is 48.5 Å². The first kappa shape index (κ1) is 17.7. The van der Waals surface area contributed by atoms with Crippen molar-refractivity contribution >= 4 is 11.6 Å². The van der Waals surface area contributed by atoms with Crippen LogP contribution < -0.4 is 5.32 Å². The summed E-state index contributed by atoms with van der Waals surface area (Å²) in [5, 5.41) is 14.9. The molecule has 7 nitrogen and oxygen atoms in total. The van der Waals surface area contributed by atoms with Crippen molar-refractivity contribution in [2.75, 3.05) is 18.4 Å². The number of carbonyl (C=O) groups is 1. The fourth-order valence-electron chi connectivity index (χ4n) is 3.60. The Bertz CT molecular complexity index is 762. The van der Waals surface area contributed by atoms with E-state index >= 15 is 0 Å². The third-order valence-electron chi connectivity index (χ3n) is 5.28. The summed E-state index contributed by atoms with van der Waals surface area (Å²) < 4.78 is 1.80. The van der Waals surface area contributed by atoms with Gasteiger partial charge in [0.2, 0.25) is 5.91 Å². The molecular weight excluding hydrogens is 316 g/mol. The lowest BCUT2D eigenvalue weighted by Gasteiger charge is -2.35. The van der Waals surface area contributed by atoms with Gasteiger partial charge in [-0.2, -0.15) is 10.2 Å². The topological polar surface area (TPSA) is 78.8 Å². The molecule has 3 heterocycles. The van der Waals surface area contributed by atoms with Gasteiger partial charge in [-0.1, -0.05) is 0 Å². The number of hydrogen-bond donors (Lipinski definition) is 2. The van der Waals surface area contributed by atoms with E-state index < -0.39 is 0 Å². The van der Waals surface area contributed by atoms with Crippen LogP contribution in [0.4, 0.5) is 5.69 Å². The molecule has 2 atom stereocenters. The van der Waals surface area contributed by atoms with E-state index in [4.69, 9.17) is 0 Å². The van der Waals surface area contributed by atoms with Crippen molar-refractivity contribution < 1.29 is 4.79 Å². The van der Waals surface area contributed by atoms with Gasteiger partial charge in [-0.3, -0.25) is 19.5 Å². The third-order valence-corrected chi connectivity index (χ3v) is 5.28. The van der Waals surface area contributed by atoms with Gasteiger partial charge in [-0.15, -0.1) is 0 Å². The maximum absolute atomic E-state index is 12.8. The van der Waals surface area contributed by atoms with Gasteiger partial charge in [0, 0.05) is 25.2 Å². The van der Waals surface area contributed by atoms with Crippen LogP contribution in [-0.4, -0.2) is 49.9 Å².